The van der Waals surface area contributed by atoms with Crippen LogP contribution in [0.15, 0.2) is 23.3 Å². The van der Waals surface area contributed by atoms with E-state index in [4.69, 9.17) is 0 Å². The quantitative estimate of drug-likeness (QED) is 0.411. The molecule has 0 aromatic carbocycles. The average molecular weight is 293 g/mol. The van der Waals surface area contributed by atoms with Gasteiger partial charge in [-0.05, 0) is 46.0 Å². The van der Waals surface area contributed by atoms with Crippen molar-refractivity contribution in [2.24, 2.45) is 0 Å². The molecule has 1 amide bonds. The van der Waals surface area contributed by atoms with Crippen LogP contribution >= 0.6 is 0 Å². The first-order valence-corrected chi connectivity index (χ1v) is 7.71. The molecule has 21 heavy (non-hydrogen) atoms. The highest BCUT2D eigenvalue weighted by Gasteiger charge is 2.14. The molecule has 0 saturated carbocycles. The second-order valence-corrected chi connectivity index (χ2v) is 5.73. The molecule has 4 heteroatoms. The van der Waals surface area contributed by atoms with Gasteiger partial charge in [0.1, 0.15) is 0 Å². The van der Waals surface area contributed by atoms with Crippen LogP contribution in [0.5, 0.6) is 0 Å². The molecule has 0 spiro atoms. The number of nitrogens with zero attached hydrogens (tertiary/aromatic N) is 1. The van der Waals surface area contributed by atoms with Crippen molar-refractivity contribution in [1.29, 1.82) is 0 Å². The van der Waals surface area contributed by atoms with Crippen LogP contribution in [0.4, 0.5) is 0 Å². The molecule has 0 atom stereocenters. The van der Waals surface area contributed by atoms with Gasteiger partial charge in [-0.15, -0.1) is 0 Å². The first-order valence-electron chi connectivity index (χ1n) is 7.71. The second kappa shape index (κ2) is 9.37. The monoisotopic (exact) mass is 293 g/mol. The number of rotatable bonds is 7. The predicted molar refractivity (Wildman–Crippen MR) is 83.8 cm³/mol. The van der Waals surface area contributed by atoms with Crippen LogP contribution in [0.25, 0.3) is 0 Å². The molecule has 0 N–H and O–H groups in total. The van der Waals surface area contributed by atoms with Crippen molar-refractivity contribution >= 4 is 11.9 Å². The van der Waals surface area contributed by atoms with Gasteiger partial charge in [-0.25, -0.2) is 0 Å². The van der Waals surface area contributed by atoms with E-state index in [1.807, 2.05) is 13.8 Å². The van der Waals surface area contributed by atoms with E-state index in [-0.39, 0.29) is 18.3 Å². The molecule has 0 unspecified atom stereocenters. The lowest BCUT2D eigenvalue weighted by Gasteiger charge is -2.22. The Morgan fingerprint density at radius 1 is 1.29 bits per heavy atom. The van der Waals surface area contributed by atoms with Gasteiger partial charge in [0.15, 0.2) is 0 Å². The summed E-state index contributed by atoms with van der Waals surface area (Å²) in [5, 5.41) is 0. The topological polar surface area (TPSA) is 46.6 Å². The normalized spacial score (nSPS) is 14.1. The Hall–Kier alpha value is -1.58. The highest BCUT2D eigenvalue weighted by molar-refractivity contribution is 5.88. The number of hydrogen-bond acceptors (Lipinski definition) is 3. The van der Waals surface area contributed by atoms with Crippen molar-refractivity contribution in [3.05, 3.63) is 23.3 Å². The third-order valence-corrected chi connectivity index (χ3v) is 3.63. The van der Waals surface area contributed by atoms with Crippen LogP contribution in [0.2, 0.25) is 0 Å². The van der Waals surface area contributed by atoms with Gasteiger partial charge in [-0.2, -0.15) is 0 Å². The summed E-state index contributed by atoms with van der Waals surface area (Å²) in [7, 11) is 1.37. The highest BCUT2D eigenvalue weighted by Crippen LogP contribution is 2.20. The minimum absolute atomic E-state index is 0.0182. The number of esters is 1. The molecule has 1 aliphatic rings. The average Bonchev–Trinajstić information content (AvgIpc) is 2.47. The zero-order chi connectivity index (χ0) is 15.7. The second-order valence-electron chi connectivity index (χ2n) is 5.73. The van der Waals surface area contributed by atoms with Gasteiger partial charge in [0.2, 0.25) is 5.91 Å². The Morgan fingerprint density at radius 2 is 2.05 bits per heavy atom. The summed E-state index contributed by atoms with van der Waals surface area (Å²) >= 11 is 0. The number of carbonyl (C=O) groups excluding carboxylic acids is 2. The molecule has 0 fully saturated rings. The summed E-state index contributed by atoms with van der Waals surface area (Å²) in [5.74, 6) is -0.294. The van der Waals surface area contributed by atoms with Crippen LogP contribution < -0.4 is 0 Å². The Balaban J connectivity index is 2.57. The van der Waals surface area contributed by atoms with E-state index in [2.05, 4.69) is 10.8 Å². The van der Waals surface area contributed by atoms with Crippen molar-refractivity contribution in [2.75, 3.05) is 20.2 Å². The maximum absolute atomic E-state index is 12.2. The molecule has 0 aromatic heterocycles. The zero-order valence-corrected chi connectivity index (χ0v) is 13.5. The lowest BCUT2D eigenvalue weighted by Crippen LogP contribution is -2.33. The molecule has 0 saturated heterocycles. The van der Waals surface area contributed by atoms with Gasteiger partial charge in [-0.1, -0.05) is 17.2 Å². The molecule has 1 aliphatic carbocycles. The van der Waals surface area contributed by atoms with Gasteiger partial charge in [0, 0.05) is 19.2 Å². The van der Waals surface area contributed by atoms with Crippen molar-refractivity contribution in [1.82, 2.24) is 4.90 Å². The summed E-state index contributed by atoms with van der Waals surface area (Å²) < 4.78 is 4.65. The molecule has 118 valence electrons. The molecular formula is C17H27NO3. The Kier molecular flexibility index (Phi) is 7.80. The fourth-order valence-electron chi connectivity index (χ4n) is 2.41. The summed E-state index contributed by atoms with van der Waals surface area (Å²) in [5.41, 5.74) is 2.41. The maximum atomic E-state index is 12.2. The Bertz CT molecular complexity index is 420. The molecule has 0 radical (unpaired) electrons. The van der Waals surface area contributed by atoms with E-state index in [9.17, 15) is 9.59 Å². The van der Waals surface area contributed by atoms with E-state index in [0.29, 0.717) is 13.1 Å². The fourth-order valence-corrected chi connectivity index (χ4v) is 2.41. The molecule has 0 aliphatic heterocycles. The van der Waals surface area contributed by atoms with E-state index in [1.165, 1.54) is 25.5 Å². The number of carbonyl (C=O) groups is 2. The summed E-state index contributed by atoms with van der Waals surface area (Å²) in [4.78, 5) is 25.2. The van der Waals surface area contributed by atoms with Gasteiger partial charge >= 0.3 is 5.97 Å². The first-order chi connectivity index (χ1) is 10.0. The van der Waals surface area contributed by atoms with E-state index in [1.54, 1.807) is 11.0 Å². The van der Waals surface area contributed by atoms with Crippen LogP contribution in [0.3, 0.4) is 0 Å². The molecule has 0 aromatic rings. The zero-order valence-electron chi connectivity index (χ0n) is 13.5. The predicted octanol–water partition coefficient (Wildman–Crippen LogP) is 3.23. The summed E-state index contributed by atoms with van der Waals surface area (Å²) in [6.07, 6.45) is 9.89. The smallest absolute Gasteiger partial charge is 0.307 e. The Labute approximate surface area is 127 Å². The number of amides is 1. The fraction of sp³-hybridized carbons (Fsp3) is 0.647. The van der Waals surface area contributed by atoms with Crippen molar-refractivity contribution in [3.8, 4) is 0 Å². The van der Waals surface area contributed by atoms with Crippen molar-refractivity contribution in [2.45, 2.75) is 52.4 Å². The van der Waals surface area contributed by atoms with Crippen molar-refractivity contribution in [3.63, 3.8) is 0 Å². The first kappa shape index (κ1) is 17.5. The lowest BCUT2D eigenvalue weighted by atomic mass is 9.97. The van der Waals surface area contributed by atoms with Crippen molar-refractivity contribution < 1.29 is 14.3 Å². The summed E-state index contributed by atoms with van der Waals surface area (Å²) in [6, 6.07) is 0. The van der Waals surface area contributed by atoms with Gasteiger partial charge in [0.05, 0.1) is 13.5 Å². The third kappa shape index (κ3) is 7.11. The van der Waals surface area contributed by atoms with Crippen LogP contribution in [-0.2, 0) is 14.3 Å². The molecular weight excluding hydrogens is 266 g/mol. The van der Waals surface area contributed by atoms with E-state index >= 15 is 0 Å². The molecule has 1 rings (SSSR count). The standard InChI is InChI=1S/C17H27NO3/c1-14(2)13-16(19)18(12-10-17(20)21-3)11-9-15-7-5-4-6-8-15/h7,13H,4-6,8-12H2,1-3H3. The maximum Gasteiger partial charge on any atom is 0.307 e. The van der Waals surface area contributed by atoms with E-state index < -0.39 is 0 Å². The summed E-state index contributed by atoms with van der Waals surface area (Å²) in [6.45, 7) is 4.90. The molecule has 4 nitrogen and oxygen atoms in total. The number of allylic oxidation sites excluding steroid dienone is 2. The van der Waals surface area contributed by atoms with Gasteiger partial charge < -0.3 is 9.64 Å². The third-order valence-electron chi connectivity index (χ3n) is 3.63. The van der Waals surface area contributed by atoms with Crippen LogP contribution in [0.1, 0.15) is 52.4 Å². The van der Waals surface area contributed by atoms with Gasteiger partial charge in [-0.3, -0.25) is 9.59 Å². The Morgan fingerprint density at radius 3 is 2.62 bits per heavy atom. The highest BCUT2D eigenvalue weighted by atomic mass is 16.5. The largest absolute Gasteiger partial charge is 0.469 e. The van der Waals surface area contributed by atoms with Gasteiger partial charge in [0.25, 0.3) is 0 Å². The number of hydrogen-bond donors (Lipinski definition) is 0. The molecule has 0 bridgehead atoms. The van der Waals surface area contributed by atoms with E-state index in [0.717, 1.165) is 24.8 Å². The van der Waals surface area contributed by atoms with Crippen LogP contribution in [-0.4, -0.2) is 37.0 Å². The minimum Gasteiger partial charge on any atom is -0.469 e. The number of ether oxygens (including phenoxy) is 1. The SMILES string of the molecule is COC(=O)CCN(CCC1=CCCCC1)C(=O)C=C(C)C. The molecule has 0 heterocycles. The lowest BCUT2D eigenvalue weighted by molar-refractivity contribution is -0.141. The number of methoxy groups -OCH3 is 1. The van der Waals surface area contributed by atoms with Crippen LogP contribution in [0, 0.1) is 0 Å². The minimum atomic E-state index is -0.276.